The number of halogens is 3. The summed E-state index contributed by atoms with van der Waals surface area (Å²) >= 11 is 0. The molecular weight excluding hydrogens is 281 g/mol. The molecule has 0 spiro atoms. The van der Waals surface area contributed by atoms with Crippen molar-refractivity contribution in [1.82, 2.24) is 5.01 Å². The van der Waals surface area contributed by atoms with E-state index in [0.717, 1.165) is 0 Å². The number of nitrogens with two attached hydrogens (primary N) is 1. The first-order valence-electron chi connectivity index (χ1n) is 5.95. The zero-order valence-electron chi connectivity index (χ0n) is 11.4. The van der Waals surface area contributed by atoms with E-state index in [-0.39, 0.29) is 12.8 Å². The minimum atomic E-state index is -4.73. The fraction of sp³-hybridized carbons (Fsp3) is 0.818. The zero-order valence-corrected chi connectivity index (χ0v) is 11.4. The van der Waals surface area contributed by atoms with Crippen molar-refractivity contribution in [3.8, 4) is 0 Å². The summed E-state index contributed by atoms with van der Waals surface area (Å²) in [7, 11) is 0. The quantitative estimate of drug-likeness (QED) is 0.478. The van der Waals surface area contributed by atoms with Gasteiger partial charge < -0.3 is 4.74 Å². The molecule has 2 amide bonds. The van der Waals surface area contributed by atoms with Crippen LogP contribution in [0, 0.1) is 5.92 Å². The van der Waals surface area contributed by atoms with Crippen molar-refractivity contribution < 1.29 is 32.2 Å². The summed E-state index contributed by atoms with van der Waals surface area (Å²) in [5.41, 5.74) is -0.823. The molecule has 0 heterocycles. The van der Waals surface area contributed by atoms with Crippen molar-refractivity contribution >= 4 is 12.0 Å². The van der Waals surface area contributed by atoms with Crippen molar-refractivity contribution in [2.75, 3.05) is 0 Å². The third-order valence-electron chi connectivity index (χ3n) is 2.57. The Hall–Kier alpha value is -1.35. The second kappa shape index (κ2) is 5.57. The summed E-state index contributed by atoms with van der Waals surface area (Å²) < 4.78 is 44.4. The summed E-state index contributed by atoms with van der Waals surface area (Å²) in [6, 6.07) is 0. The van der Waals surface area contributed by atoms with Crippen LogP contribution in [0.4, 0.5) is 18.0 Å². The number of carbonyl (C=O) groups excluding carboxylic acids is 2. The van der Waals surface area contributed by atoms with Crippen molar-refractivity contribution in [2.45, 2.75) is 51.7 Å². The monoisotopic (exact) mass is 298 g/mol. The number of carbonyl (C=O) groups is 2. The molecule has 0 bridgehead atoms. The van der Waals surface area contributed by atoms with Crippen LogP contribution in [0.15, 0.2) is 0 Å². The Balaban J connectivity index is 2.43. The van der Waals surface area contributed by atoms with Crippen LogP contribution in [0.25, 0.3) is 0 Å². The average Bonchev–Trinajstić information content (AvgIpc) is 2.16. The molecule has 0 aromatic rings. The van der Waals surface area contributed by atoms with Gasteiger partial charge in [-0.05, 0) is 33.6 Å². The molecule has 116 valence electrons. The van der Waals surface area contributed by atoms with Gasteiger partial charge in [0.1, 0.15) is 5.60 Å². The molecule has 9 heteroatoms. The molecule has 0 aromatic carbocycles. The highest BCUT2D eigenvalue weighted by atomic mass is 19.4. The highest BCUT2D eigenvalue weighted by Gasteiger charge is 2.44. The Morgan fingerprint density at radius 1 is 1.20 bits per heavy atom. The second-order valence-electron chi connectivity index (χ2n) is 5.54. The van der Waals surface area contributed by atoms with Crippen molar-refractivity contribution in [3.63, 3.8) is 0 Å². The molecule has 1 rings (SSSR count). The van der Waals surface area contributed by atoms with Crippen molar-refractivity contribution in [3.05, 3.63) is 0 Å². The lowest BCUT2D eigenvalue weighted by atomic mass is 9.81. The fourth-order valence-corrected chi connectivity index (χ4v) is 1.65. The van der Waals surface area contributed by atoms with Crippen LogP contribution < -0.4 is 5.84 Å². The topological polar surface area (TPSA) is 81.9 Å². The van der Waals surface area contributed by atoms with Gasteiger partial charge in [0.05, 0.1) is 6.10 Å². The number of amides is 2. The van der Waals surface area contributed by atoms with Crippen LogP contribution in [-0.4, -0.2) is 35.1 Å². The number of nitrogens with zero attached hydrogens (tertiary/aromatic N) is 1. The van der Waals surface area contributed by atoms with E-state index in [9.17, 15) is 22.8 Å². The molecule has 1 fully saturated rings. The van der Waals surface area contributed by atoms with Crippen LogP contribution in [-0.2, 0) is 14.3 Å². The maximum atomic E-state index is 11.9. The van der Waals surface area contributed by atoms with E-state index in [0.29, 0.717) is 5.01 Å². The fourth-order valence-electron chi connectivity index (χ4n) is 1.65. The SMILES string of the molecule is CC(C)(C)OC(=O)N(N)C(=O)C1CC(OC(F)(F)F)C1. The molecule has 0 aromatic heterocycles. The van der Waals surface area contributed by atoms with Crippen molar-refractivity contribution in [1.29, 1.82) is 0 Å². The van der Waals surface area contributed by atoms with Gasteiger partial charge >= 0.3 is 12.5 Å². The van der Waals surface area contributed by atoms with Crippen LogP contribution in [0.1, 0.15) is 33.6 Å². The first-order chi connectivity index (χ1) is 8.89. The maximum absolute atomic E-state index is 11.9. The number of hydrazine groups is 1. The van der Waals surface area contributed by atoms with E-state index in [2.05, 4.69) is 4.74 Å². The van der Waals surface area contributed by atoms with Gasteiger partial charge in [-0.15, -0.1) is 13.2 Å². The number of hydrogen-bond donors (Lipinski definition) is 1. The summed E-state index contributed by atoms with van der Waals surface area (Å²) in [5, 5.41) is 0.291. The standard InChI is InChI=1S/C11H17F3N2O4/c1-10(2,3)20-9(18)16(15)8(17)6-4-7(5-6)19-11(12,13)14/h6-7H,4-5,15H2,1-3H3. The van der Waals surface area contributed by atoms with E-state index < -0.39 is 36.0 Å². The van der Waals surface area contributed by atoms with Gasteiger partial charge in [-0.3, -0.25) is 9.53 Å². The number of rotatable bonds is 2. The average molecular weight is 298 g/mol. The lowest BCUT2D eigenvalue weighted by Crippen LogP contribution is -2.52. The normalized spacial score (nSPS) is 22.9. The first kappa shape index (κ1) is 16.7. The Kier molecular flexibility index (Phi) is 4.65. The minimum absolute atomic E-state index is 0.130. The van der Waals surface area contributed by atoms with E-state index >= 15 is 0 Å². The van der Waals surface area contributed by atoms with Crippen LogP contribution in [0.2, 0.25) is 0 Å². The summed E-state index contributed by atoms with van der Waals surface area (Å²) in [5.74, 6) is 3.76. The number of hydrogen-bond acceptors (Lipinski definition) is 5. The predicted octanol–water partition coefficient (Wildman–Crippen LogP) is 1.94. The van der Waals surface area contributed by atoms with Gasteiger partial charge in [0.25, 0.3) is 0 Å². The summed E-state index contributed by atoms with van der Waals surface area (Å²) in [6.45, 7) is 4.79. The van der Waals surface area contributed by atoms with Gasteiger partial charge in [0, 0.05) is 5.92 Å². The van der Waals surface area contributed by atoms with Crippen molar-refractivity contribution in [2.24, 2.45) is 11.8 Å². The van der Waals surface area contributed by atoms with Gasteiger partial charge in [-0.2, -0.15) is 5.01 Å². The first-order valence-corrected chi connectivity index (χ1v) is 5.95. The molecule has 0 radical (unpaired) electrons. The van der Waals surface area contributed by atoms with Gasteiger partial charge in [0.2, 0.25) is 5.91 Å². The summed E-state index contributed by atoms with van der Waals surface area (Å²) in [4.78, 5) is 23.2. The maximum Gasteiger partial charge on any atom is 0.522 e. The Morgan fingerprint density at radius 2 is 1.70 bits per heavy atom. The number of imide groups is 1. The van der Waals surface area contributed by atoms with Crippen LogP contribution in [0.5, 0.6) is 0 Å². The lowest BCUT2D eigenvalue weighted by Gasteiger charge is -2.35. The smallest absolute Gasteiger partial charge is 0.442 e. The number of ether oxygens (including phenoxy) is 2. The van der Waals surface area contributed by atoms with Crippen LogP contribution >= 0.6 is 0 Å². The zero-order chi connectivity index (χ0) is 15.7. The molecule has 20 heavy (non-hydrogen) atoms. The molecular formula is C11H17F3N2O4. The third-order valence-corrected chi connectivity index (χ3v) is 2.57. The van der Waals surface area contributed by atoms with Gasteiger partial charge in [0.15, 0.2) is 0 Å². The highest BCUT2D eigenvalue weighted by Crippen LogP contribution is 2.35. The van der Waals surface area contributed by atoms with Crippen LogP contribution in [0.3, 0.4) is 0 Å². The summed E-state index contributed by atoms with van der Waals surface area (Å²) in [6.07, 6.45) is -7.10. The molecule has 0 atom stereocenters. The third kappa shape index (κ3) is 4.97. The second-order valence-corrected chi connectivity index (χ2v) is 5.54. The van der Waals surface area contributed by atoms with Gasteiger partial charge in [-0.25, -0.2) is 10.6 Å². The largest absolute Gasteiger partial charge is 0.522 e. The molecule has 6 nitrogen and oxygen atoms in total. The molecule has 0 aliphatic heterocycles. The van der Waals surface area contributed by atoms with E-state index in [1.54, 1.807) is 20.8 Å². The lowest BCUT2D eigenvalue weighted by molar-refractivity contribution is -0.353. The van der Waals surface area contributed by atoms with E-state index in [4.69, 9.17) is 10.6 Å². The Morgan fingerprint density at radius 3 is 2.10 bits per heavy atom. The Labute approximate surface area is 113 Å². The number of alkyl halides is 3. The molecule has 0 saturated heterocycles. The highest BCUT2D eigenvalue weighted by molar-refractivity contribution is 5.93. The van der Waals surface area contributed by atoms with Gasteiger partial charge in [-0.1, -0.05) is 0 Å². The molecule has 0 unspecified atom stereocenters. The molecule has 1 aliphatic carbocycles. The van der Waals surface area contributed by atoms with E-state index in [1.807, 2.05) is 0 Å². The Bertz CT molecular complexity index is 386. The molecule has 2 N–H and O–H groups in total. The molecule has 1 aliphatic rings. The van der Waals surface area contributed by atoms with E-state index in [1.165, 1.54) is 0 Å². The molecule has 1 saturated carbocycles. The predicted molar refractivity (Wildman–Crippen MR) is 60.9 cm³/mol. The minimum Gasteiger partial charge on any atom is -0.442 e.